The molecule has 1 unspecified atom stereocenters. The van der Waals surface area contributed by atoms with E-state index in [9.17, 15) is 9.59 Å². The van der Waals surface area contributed by atoms with Crippen LogP contribution in [0.3, 0.4) is 0 Å². The van der Waals surface area contributed by atoms with Crippen LogP contribution in [0.5, 0.6) is 0 Å². The molecule has 6 nitrogen and oxygen atoms in total. The molecule has 0 aromatic heterocycles. The summed E-state index contributed by atoms with van der Waals surface area (Å²) in [6.07, 6.45) is 0.986. The zero-order chi connectivity index (χ0) is 20.9. The number of amides is 2. The standard InChI is InChI=1S/C22H31N3O3/c1-6-25(16(2)18-9-7-17(15-23)8-10-18)20(26)19-11-13-24(14-12-19)21(27)28-22(3,4)5/h7-10,16,19H,6,11-14H2,1-5H3. The summed E-state index contributed by atoms with van der Waals surface area (Å²) in [6.45, 7) is 11.2. The molecule has 0 radical (unpaired) electrons. The van der Waals surface area contributed by atoms with E-state index in [0.717, 1.165) is 5.56 Å². The number of ether oxygens (including phenoxy) is 1. The number of nitrogens with zero attached hydrogens (tertiary/aromatic N) is 3. The third-order valence-corrected chi connectivity index (χ3v) is 5.11. The molecular weight excluding hydrogens is 354 g/mol. The molecule has 1 atom stereocenters. The van der Waals surface area contributed by atoms with Crippen molar-refractivity contribution in [2.45, 2.75) is 59.1 Å². The molecule has 0 spiro atoms. The number of hydrogen-bond donors (Lipinski definition) is 0. The molecule has 1 aliphatic rings. The minimum absolute atomic E-state index is 0.0610. The van der Waals surface area contributed by atoms with Gasteiger partial charge in [-0.1, -0.05) is 12.1 Å². The number of likely N-dealkylation sites (tertiary alicyclic amines) is 1. The van der Waals surface area contributed by atoms with Crippen molar-refractivity contribution in [2.75, 3.05) is 19.6 Å². The number of nitriles is 1. The summed E-state index contributed by atoms with van der Waals surface area (Å²) in [7, 11) is 0. The fourth-order valence-electron chi connectivity index (χ4n) is 3.51. The fraction of sp³-hybridized carbons (Fsp3) is 0.591. The Morgan fingerprint density at radius 2 is 1.82 bits per heavy atom. The second-order valence-corrected chi connectivity index (χ2v) is 8.28. The van der Waals surface area contributed by atoms with Crippen molar-refractivity contribution in [3.63, 3.8) is 0 Å². The van der Waals surface area contributed by atoms with Crippen molar-refractivity contribution in [1.29, 1.82) is 5.26 Å². The Morgan fingerprint density at radius 1 is 1.25 bits per heavy atom. The average Bonchev–Trinajstić information content (AvgIpc) is 2.67. The first-order valence-electron chi connectivity index (χ1n) is 9.94. The molecule has 1 aliphatic heterocycles. The Labute approximate surface area is 168 Å². The first-order chi connectivity index (χ1) is 13.2. The van der Waals surface area contributed by atoms with E-state index < -0.39 is 5.60 Å². The van der Waals surface area contributed by atoms with Gasteiger partial charge >= 0.3 is 6.09 Å². The van der Waals surface area contributed by atoms with Gasteiger partial charge in [0, 0.05) is 25.6 Å². The zero-order valence-electron chi connectivity index (χ0n) is 17.6. The summed E-state index contributed by atoms with van der Waals surface area (Å²) in [4.78, 5) is 28.9. The molecule has 28 heavy (non-hydrogen) atoms. The summed E-state index contributed by atoms with van der Waals surface area (Å²) in [5, 5.41) is 8.95. The van der Waals surface area contributed by atoms with Crippen LogP contribution >= 0.6 is 0 Å². The van der Waals surface area contributed by atoms with Gasteiger partial charge in [-0.15, -0.1) is 0 Å². The monoisotopic (exact) mass is 385 g/mol. The molecule has 1 fully saturated rings. The normalized spacial score (nSPS) is 16.2. The van der Waals surface area contributed by atoms with Crippen molar-refractivity contribution >= 4 is 12.0 Å². The van der Waals surface area contributed by atoms with Gasteiger partial charge in [-0.2, -0.15) is 5.26 Å². The number of carbonyl (C=O) groups is 2. The molecule has 1 aromatic carbocycles. The van der Waals surface area contributed by atoms with Crippen LogP contribution in [0.4, 0.5) is 4.79 Å². The van der Waals surface area contributed by atoms with E-state index in [1.165, 1.54) is 0 Å². The summed E-state index contributed by atoms with van der Waals surface area (Å²) in [5.41, 5.74) is 1.11. The van der Waals surface area contributed by atoms with E-state index in [4.69, 9.17) is 10.00 Å². The molecule has 0 saturated carbocycles. The van der Waals surface area contributed by atoms with Crippen molar-refractivity contribution in [1.82, 2.24) is 9.80 Å². The van der Waals surface area contributed by atoms with E-state index in [1.807, 2.05) is 51.7 Å². The lowest BCUT2D eigenvalue weighted by molar-refractivity contribution is -0.139. The lowest BCUT2D eigenvalue weighted by Gasteiger charge is -2.36. The highest BCUT2D eigenvalue weighted by Gasteiger charge is 2.33. The van der Waals surface area contributed by atoms with E-state index >= 15 is 0 Å². The lowest BCUT2D eigenvalue weighted by Crippen LogP contribution is -2.46. The second kappa shape index (κ2) is 9.09. The van der Waals surface area contributed by atoms with Crippen LogP contribution in [0.15, 0.2) is 24.3 Å². The quantitative estimate of drug-likeness (QED) is 0.782. The molecule has 2 amide bonds. The van der Waals surface area contributed by atoms with Crippen LogP contribution in [0.1, 0.15) is 64.6 Å². The molecule has 0 bridgehead atoms. The van der Waals surface area contributed by atoms with E-state index in [2.05, 4.69) is 6.07 Å². The summed E-state index contributed by atoms with van der Waals surface area (Å²) >= 11 is 0. The number of piperidine rings is 1. The molecule has 1 heterocycles. The molecule has 152 valence electrons. The largest absolute Gasteiger partial charge is 0.444 e. The minimum Gasteiger partial charge on any atom is -0.444 e. The highest BCUT2D eigenvalue weighted by atomic mass is 16.6. The predicted octanol–water partition coefficient (Wildman–Crippen LogP) is 4.11. The van der Waals surface area contributed by atoms with Crippen molar-refractivity contribution in [3.05, 3.63) is 35.4 Å². The molecule has 0 aliphatic carbocycles. The highest BCUT2D eigenvalue weighted by molar-refractivity contribution is 5.80. The Bertz CT molecular complexity index is 723. The maximum Gasteiger partial charge on any atom is 0.410 e. The van der Waals surface area contributed by atoms with Crippen molar-refractivity contribution in [3.8, 4) is 6.07 Å². The number of hydrogen-bond acceptors (Lipinski definition) is 4. The van der Waals surface area contributed by atoms with Gasteiger partial charge in [0.2, 0.25) is 5.91 Å². The van der Waals surface area contributed by atoms with Crippen molar-refractivity contribution < 1.29 is 14.3 Å². The molecule has 2 rings (SSSR count). The Morgan fingerprint density at radius 3 is 2.29 bits per heavy atom. The van der Waals surface area contributed by atoms with E-state index in [1.54, 1.807) is 17.0 Å². The summed E-state index contributed by atoms with van der Waals surface area (Å²) in [5.74, 6) is 0.0441. The minimum atomic E-state index is -0.515. The Hall–Kier alpha value is -2.55. The van der Waals surface area contributed by atoms with Gasteiger partial charge in [-0.3, -0.25) is 4.79 Å². The summed E-state index contributed by atoms with van der Waals surface area (Å²) in [6, 6.07) is 9.43. The zero-order valence-corrected chi connectivity index (χ0v) is 17.6. The molecule has 0 N–H and O–H groups in total. The third kappa shape index (κ3) is 5.48. The number of rotatable bonds is 4. The fourth-order valence-corrected chi connectivity index (χ4v) is 3.51. The Kier molecular flexibility index (Phi) is 7.06. The van der Waals surface area contributed by atoms with Gasteiger partial charge in [0.1, 0.15) is 5.60 Å². The van der Waals surface area contributed by atoms with Gasteiger partial charge in [0.25, 0.3) is 0 Å². The van der Waals surface area contributed by atoms with E-state index in [-0.39, 0.29) is 24.0 Å². The third-order valence-electron chi connectivity index (χ3n) is 5.11. The second-order valence-electron chi connectivity index (χ2n) is 8.28. The smallest absolute Gasteiger partial charge is 0.410 e. The molecule has 1 saturated heterocycles. The van der Waals surface area contributed by atoms with Gasteiger partial charge in [-0.05, 0) is 65.2 Å². The van der Waals surface area contributed by atoms with Crippen LogP contribution in [0.2, 0.25) is 0 Å². The van der Waals surface area contributed by atoms with Gasteiger partial charge in [0.15, 0.2) is 0 Å². The average molecular weight is 386 g/mol. The lowest BCUT2D eigenvalue weighted by atomic mass is 9.94. The molecule has 6 heteroatoms. The Balaban J connectivity index is 1.98. The summed E-state index contributed by atoms with van der Waals surface area (Å²) < 4.78 is 5.43. The maximum absolute atomic E-state index is 13.1. The van der Waals surface area contributed by atoms with Crippen LogP contribution < -0.4 is 0 Å². The topological polar surface area (TPSA) is 73.6 Å². The molecular formula is C22H31N3O3. The first kappa shape index (κ1) is 21.7. The maximum atomic E-state index is 13.1. The number of benzene rings is 1. The van der Waals surface area contributed by atoms with Crippen LogP contribution in [0.25, 0.3) is 0 Å². The first-order valence-corrected chi connectivity index (χ1v) is 9.94. The van der Waals surface area contributed by atoms with E-state index in [0.29, 0.717) is 38.0 Å². The SMILES string of the molecule is CCN(C(=O)C1CCN(C(=O)OC(C)(C)C)CC1)C(C)c1ccc(C#N)cc1. The van der Waals surface area contributed by atoms with Gasteiger partial charge in [0.05, 0.1) is 17.7 Å². The van der Waals surface area contributed by atoms with Crippen LogP contribution in [0, 0.1) is 17.2 Å². The highest BCUT2D eigenvalue weighted by Crippen LogP contribution is 2.27. The van der Waals surface area contributed by atoms with Crippen LogP contribution in [-0.4, -0.2) is 47.0 Å². The number of carbonyl (C=O) groups excluding carboxylic acids is 2. The van der Waals surface area contributed by atoms with Gasteiger partial charge in [-0.25, -0.2) is 4.79 Å². The van der Waals surface area contributed by atoms with Crippen LogP contribution in [-0.2, 0) is 9.53 Å². The predicted molar refractivity (Wildman–Crippen MR) is 107 cm³/mol. The molecule has 1 aromatic rings. The van der Waals surface area contributed by atoms with Gasteiger partial charge < -0.3 is 14.5 Å². The van der Waals surface area contributed by atoms with Crippen molar-refractivity contribution in [2.24, 2.45) is 5.92 Å².